The zero-order chi connectivity index (χ0) is 19.5. The van der Waals surface area contributed by atoms with Crippen LogP contribution in [0.15, 0.2) is 57.7 Å². The summed E-state index contributed by atoms with van der Waals surface area (Å²) in [6.45, 7) is 3.31. The van der Waals surface area contributed by atoms with E-state index in [1.54, 1.807) is 19.1 Å². The molecular weight excluding hydrogens is 356 g/mol. The molecule has 2 N–H and O–H groups in total. The third-order valence-electron chi connectivity index (χ3n) is 5.03. The molecule has 1 aliphatic heterocycles. The van der Waals surface area contributed by atoms with Crippen LogP contribution in [0.25, 0.3) is 11.0 Å². The molecule has 0 saturated carbocycles. The third-order valence-corrected chi connectivity index (χ3v) is 5.03. The van der Waals surface area contributed by atoms with E-state index in [2.05, 4.69) is 10.6 Å². The number of fused-ring (bicyclic) bond motifs is 1. The highest BCUT2D eigenvalue weighted by molar-refractivity contribution is 6.07. The Morgan fingerprint density at radius 1 is 1.00 bits per heavy atom. The molecule has 0 spiro atoms. The SMILES string of the molecule is Cc1c(C(=O)Nc2ccc(NC3CCOCC3)cc2)c(=O)oc2ccccc12. The summed E-state index contributed by atoms with van der Waals surface area (Å²) in [5, 5.41) is 7.02. The van der Waals surface area contributed by atoms with Crippen molar-refractivity contribution in [1.82, 2.24) is 0 Å². The van der Waals surface area contributed by atoms with Gasteiger partial charge in [0.25, 0.3) is 5.91 Å². The molecule has 1 fully saturated rings. The number of amides is 1. The normalized spacial score (nSPS) is 14.8. The maximum absolute atomic E-state index is 12.7. The molecule has 6 heteroatoms. The summed E-state index contributed by atoms with van der Waals surface area (Å²) in [4.78, 5) is 25.0. The molecule has 2 aromatic carbocycles. The number of hydrogen-bond acceptors (Lipinski definition) is 5. The van der Waals surface area contributed by atoms with Crippen LogP contribution in [0.4, 0.5) is 11.4 Å². The third kappa shape index (κ3) is 3.77. The summed E-state index contributed by atoms with van der Waals surface area (Å²) in [7, 11) is 0. The Kier molecular flexibility index (Phi) is 5.12. The highest BCUT2D eigenvalue weighted by atomic mass is 16.5. The largest absolute Gasteiger partial charge is 0.422 e. The van der Waals surface area contributed by atoms with Crippen molar-refractivity contribution in [2.45, 2.75) is 25.8 Å². The minimum absolute atomic E-state index is 0.0307. The molecule has 4 rings (SSSR count). The number of aryl methyl sites for hydroxylation is 1. The summed E-state index contributed by atoms with van der Waals surface area (Å²) < 4.78 is 10.7. The summed E-state index contributed by atoms with van der Waals surface area (Å²) in [6, 6.07) is 15.1. The van der Waals surface area contributed by atoms with Crippen LogP contribution >= 0.6 is 0 Å². The second-order valence-electron chi connectivity index (χ2n) is 6.95. The van der Waals surface area contributed by atoms with Crippen LogP contribution in [0.5, 0.6) is 0 Å². The van der Waals surface area contributed by atoms with Gasteiger partial charge in [-0.05, 0) is 55.7 Å². The smallest absolute Gasteiger partial charge is 0.349 e. The molecule has 1 aromatic heterocycles. The number of rotatable bonds is 4. The van der Waals surface area contributed by atoms with Crippen LogP contribution in [0.3, 0.4) is 0 Å². The highest BCUT2D eigenvalue weighted by Crippen LogP contribution is 2.21. The average molecular weight is 378 g/mol. The Hall–Kier alpha value is -3.12. The van der Waals surface area contributed by atoms with Gasteiger partial charge in [-0.15, -0.1) is 0 Å². The zero-order valence-corrected chi connectivity index (χ0v) is 15.7. The fraction of sp³-hybridized carbons (Fsp3) is 0.273. The molecule has 6 nitrogen and oxygen atoms in total. The van der Waals surface area contributed by atoms with Gasteiger partial charge in [0.05, 0.1) is 0 Å². The number of ether oxygens (including phenoxy) is 1. The van der Waals surface area contributed by atoms with E-state index in [1.807, 2.05) is 36.4 Å². The Labute approximate surface area is 162 Å². The van der Waals surface area contributed by atoms with Gasteiger partial charge < -0.3 is 19.8 Å². The van der Waals surface area contributed by atoms with Crippen LogP contribution in [-0.4, -0.2) is 25.2 Å². The zero-order valence-electron chi connectivity index (χ0n) is 15.7. The number of anilines is 2. The fourth-order valence-corrected chi connectivity index (χ4v) is 3.49. The molecule has 1 saturated heterocycles. The number of hydrogen-bond donors (Lipinski definition) is 2. The van der Waals surface area contributed by atoms with Gasteiger partial charge in [-0.3, -0.25) is 4.79 Å². The monoisotopic (exact) mass is 378 g/mol. The van der Waals surface area contributed by atoms with Crippen LogP contribution in [0, 0.1) is 6.92 Å². The van der Waals surface area contributed by atoms with Crippen molar-refractivity contribution in [2.24, 2.45) is 0 Å². The summed E-state index contributed by atoms with van der Waals surface area (Å²) in [5.41, 5.74) is 2.10. The Balaban J connectivity index is 1.51. The van der Waals surface area contributed by atoms with Gasteiger partial charge in [0, 0.05) is 36.0 Å². The first-order valence-electron chi connectivity index (χ1n) is 9.40. The van der Waals surface area contributed by atoms with Gasteiger partial charge in [0.1, 0.15) is 11.1 Å². The molecule has 0 radical (unpaired) electrons. The van der Waals surface area contributed by atoms with E-state index in [9.17, 15) is 9.59 Å². The van der Waals surface area contributed by atoms with E-state index in [4.69, 9.17) is 9.15 Å². The quantitative estimate of drug-likeness (QED) is 0.672. The lowest BCUT2D eigenvalue weighted by atomic mass is 10.1. The molecule has 1 amide bonds. The maximum atomic E-state index is 12.7. The van der Waals surface area contributed by atoms with Crippen LogP contribution in [0.2, 0.25) is 0 Å². The number of carbonyl (C=O) groups excluding carboxylic acids is 1. The molecule has 0 unspecified atom stereocenters. The average Bonchev–Trinajstić information content (AvgIpc) is 2.70. The summed E-state index contributed by atoms with van der Waals surface area (Å²) >= 11 is 0. The van der Waals surface area contributed by atoms with Crippen LogP contribution in [0.1, 0.15) is 28.8 Å². The molecule has 144 valence electrons. The van der Waals surface area contributed by atoms with Crippen LogP contribution in [-0.2, 0) is 4.74 Å². The molecule has 0 atom stereocenters. The van der Waals surface area contributed by atoms with Gasteiger partial charge in [-0.1, -0.05) is 18.2 Å². The van der Waals surface area contributed by atoms with Crippen molar-refractivity contribution < 1.29 is 13.9 Å². The van der Waals surface area contributed by atoms with Gasteiger partial charge >= 0.3 is 5.63 Å². The predicted octanol–water partition coefficient (Wildman–Crippen LogP) is 3.94. The topological polar surface area (TPSA) is 80.6 Å². The second-order valence-corrected chi connectivity index (χ2v) is 6.95. The first kappa shape index (κ1) is 18.3. The van der Waals surface area contributed by atoms with Crippen molar-refractivity contribution in [3.63, 3.8) is 0 Å². The number of carbonyl (C=O) groups is 1. The Bertz CT molecular complexity index is 1050. The van der Waals surface area contributed by atoms with Crippen molar-refractivity contribution in [3.05, 3.63) is 70.1 Å². The van der Waals surface area contributed by atoms with E-state index in [0.29, 0.717) is 22.9 Å². The van der Waals surface area contributed by atoms with Crippen molar-refractivity contribution in [3.8, 4) is 0 Å². The number of para-hydroxylation sites is 1. The highest BCUT2D eigenvalue weighted by Gasteiger charge is 2.19. The van der Waals surface area contributed by atoms with Crippen molar-refractivity contribution in [1.29, 1.82) is 0 Å². The number of nitrogens with one attached hydrogen (secondary N) is 2. The molecule has 2 heterocycles. The second kappa shape index (κ2) is 7.86. The summed E-state index contributed by atoms with van der Waals surface area (Å²) in [5.74, 6) is -0.470. The fourth-order valence-electron chi connectivity index (χ4n) is 3.49. The molecule has 3 aromatic rings. The van der Waals surface area contributed by atoms with Gasteiger partial charge in [-0.2, -0.15) is 0 Å². The first-order valence-corrected chi connectivity index (χ1v) is 9.40. The van der Waals surface area contributed by atoms with Gasteiger partial charge in [0.15, 0.2) is 0 Å². The lowest BCUT2D eigenvalue weighted by molar-refractivity contribution is 0.0904. The number of benzene rings is 2. The molecule has 28 heavy (non-hydrogen) atoms. The maximum Gasteiger partial charge on any atom is 0.349 e. The lowest BCUT2D eigenvalue weighted by Gasteiger charge is -2.24. The molecule has 0 aliphatic carbocycles. The first-order chi connectivity index (χ1) is 13.6. The van der Waals surface area contributed by atoms with Gasteiger partial charge in [-0.25, -0.2) is 4.79 Å². The van der Waals surface area contributed by atoms with E-state index in [0.717, 1.165) is 37.1 Å². The van der Waals surface area contributed by atoms with E-state index in [1.165, 1.54) is 0 Å². The summed E-state index contributed by atoms with van der Waals surface area (Å²) in [6.07, 6.45) is 1.96. The predicted molar refractivity (Wildman–Crippen MR) is 109 cm³/mol. The Morgan fingerprint density at radius 2 is 1.68 bits per heavy atom. The minimum Gasteiger partial charge on any atom is -0.422 e. The Morgan fingerprint density at radius 3 is 2.43 bits per heavy atom. The molecular formula is C22H22N2O4. The molecule has 0 bridgehead atoms. The lowest BCUT2D eigenvalue weighted by Crippen LogP contribution is -2.27. The molecule has 1 aliphatic rings. The van der Waals surface area contributed by atoms with Crippen molar-refractivity contribution in [2.75, 3.05) is 23.8 Å². The minimum atomic E-state index is -0.633. The van der Waals surface area contributed by atoms with Gasteiger partial charge in [0.2, 0.25) is 0 Å². The standard InChI is InChI=1S/C22H22N2O4/c1-14-18-4-2-3-5-19(18)28-22(26)20(14)21(25)24-16-8-6-15(7-9-16)23-17-10-12-27-13-11-17/h2-9,17,23H,10-13H2,1H3,(H,24,25). The van der Waals surface area contributed by atoms with E-state index >= 15 is 0 Å². The van der Waals surface area contributed by atoms with E-state index in [-0.39, 0.29) is 5.56 Å². The van der Waals surface area contributed by atoms with Crippen molar-refractivity contribution >= 4 is 28.3 Å². The van der Waals surface area contributed by atoms with Crippen LogP contribution < -0.4 is 16.3 Å². The van der Waals surface area contributed by atoms with E-state index < -0.39 is 11.5 Å².